The maximum absolute atomic E-state index is 14.0. The Bertz CT molecular complexity index is 738. The monoisotopic (exact) mass is 330 g/mol. The van der Waals surface area contributed by atoms with E-state index in [0.29, 0.717) is 12.1 Å². The van der Waals surface area contributed by atoms with Gasteiger partial charge in [-0.2, -0.15) is 0 Å². The number of hydrogen-bond acceptors (Lipinski definition) is 3. The van der Waals surface area contributed by atoms with Gasteiger partial charge in [0.05, 0.1) is 12.0 Å². The summed E-state index contributed by atoms with van der Waals surface area (Å²) in [5.41, 5.74) is -0.560. The lowest BCUT2D eigenvalue weighted by Crippen LogP contribution is -2.40. The Morgan fingerprint density at radius 2 is 2.04 bits per heavy atom. The van der Waals surface area contributed by atoms with Gasteiger partial charge in [0.2, 0.25) is 5.91 Å². The quantitative estimate of drug-likeness (QED) is 0.938. The topological polar surface area (TPSA) is 59.8 Å². The van der Waals surface area contributed by atoms with E-state index in [1.54, 1.807) is 32.0 Å². The predicted molar refractivity (Wildman–Crippen MR) is 88.8 cm³/mol. The number of nitrogens with one attached hydrogen (secondary N) is 1. The fourth-order valence-corrected chi connectivity index (χ4v) is 3.15. The van der Waals surface area contributed by atoms with Gasteiger partial charge in [0, 0.05) is 18.5 Å². The first-order valence-corrected chi connectivity index (χ1v) is 8.44. The first-order chi connectivity index (χ1) is 11.5. The Balaban J connectivity index is 1.72. The van der Waals surface area contributed by atoms with E-state index in [-0.39, 0.29) is 11.7 Å². The number of carbonyl (C=O) groups is 1. The van der Waals surface area contributed by atoms with Gasteiger partial charge in [-0.15, -0.1) is 10.2 Å². The zero-order valence-corrected chi connectivity index (χ0v) is 14.2. The lowest BCUT2D eigenvalue weighted by molar-refractivity contribution is -0.126. The second-order valence-corrected chi connectivity index (χ2v) is 6.78. The maximum atomic E-state index is 14.0. The van der Waals surface area contributed by atoms with Crippen LogP contribution in [0.4, 0.5) is 4.39 Å². The van der Waals surface area contributed by atoms with Gasteiger partial charge in [0.25, 0.3) is 0 Å². The smallest absolute Gasteiger partial charge is 0.230 e. The van der Waals surface area contributed by atoms with Crippen LogP contribution in [0.25, 0.3) is 0 Å². The molecule has 24 heavy (non-hydrogen) atoms. The Morgan fingerprint density at radius 3 is 2.83 bits per heavy atom. The van der Waals surface area contributed by atoms with Crippen LogP contribution in [-0.4, -0.2) is 20.7 Å². The molecular formula is C18H23FN4O. The van der Waals surface area contributed by atoms with Crippen molar-refractivity contribution >= 4 is 5.91 Å². The molecule has 1 aromatic heterocycles. The molecule has 128 valence electrons. The minimum absolute atomic E-state index is 0.224. The van der Waals surface area contributed by atoms with Gasteiger partial charge < -0.3 is 9.88 Å². The predicted octanol–water partition coefficient (Wildman–Crippen LogP) is 2.74. The summed E-state index contributed by atoms with van der Waals surface area (Å²) in [6.07, 6.45) is 4.36. The molecule has 0 fully saturated rings. The molecule has 0 bridgehead atoms. The van der Waals surface area contributed by atoms with Gasteiger partial charge >= 0.3 is 0 Å². The van der Waals surface area contributed by atoms with Crippen LogP contribution in [-0.2, 0) is 29.7 Å². The number of rotatable bonds is 4. The highest BCUT2D eigenvalue weighted by atomic mass is 19.1. The number of halogens is 1. The van der Waals surface area contributed by atoms with Crippen molar-refractivity contribution in [2.75, 3.05) is 0 Å². The largest absolute Gasteiger partial charge is 0.348 e. The summed E-state index contributed by atoms with van der Waals surface area (Å²) >= 11 is 0. The van der Waals surface area contributed by atoms with Gasteiger partial charge in [-0.1, -0.05) is 24.6 Å². The summed E-state index contributed by atoms with van der Waals surface area (Å²) in [6, 6.07) is 6.39. The van der Waals surface area contributed by atoms with Crippen molar-refractivity contribution in [3.05, 3.63) is 47.3 Å². The second kappa shape index (κ2) is 6.71. The Labute approximate surface area is 141 Å². The molecular weight excluding hydrogens is 307 g/mol. The molecule has 0 spiro atoms. The van der Waals surface area contributed by atoms with Crippen molar-refractivity contribution in [3.8, 4) is 0 Å². The molecule has 0 radical (unpaired) electrons. The minimum atomic E-state index is -0.951. The number of fused-ring (bicyclic) bond motifs is 1. The molecule has 2 aromatic rings. The Hall–Kier alpha value is -2.24. The summed E-state index contributed by atoms with van der Waals surface area (Å²) in [7, 11) is 0. The van der Waals surface area contributed by atoms with E-state index in [9.17, 15) is 9.18 Å². The standard InChI is InChI=1S/C18H23FN4O/c1-18(2,13-8-5-6-9-14(13)19)17(24)20-12-16-22-21-15-10-4-3-7-11-23(15)16/h5-6,8-9H,3-4,7,10-12H2,1-2H3,(H,20,24). The van der Waals surface area contributed by atoms with Gasteiger partial charge in [-0.25, -0.2) is 4.39 Å². The third-order valence-electron chi connectivity index (χ3n) is 4.71. The molecule has 6 heteroatoms. The number of aryl methyl sites for hydroxylation is 1. The van der Waals surface area contributed by atoms with E-state index in [0.717, 1.165) is 37.5 Å². The number of amides is 1. The molecule has 5 nitrogen and oxygen atoms in total. The van der Waals surface area contributed by atoms with Crippen LogP contribution in [0.1, 0.15) is 50.3 Å². The zero-order chi connectivity index (χ0) is 17.2. The SMILES string of the molecule is CC(C)(C(=O)NCc1nnc2n1CCCCC2)c1ccccc1F. The highest BCUT2D eigenvalue weighted by molar-refractivity contribution is 5.87. The van der Waals surface area contributed by atoms with Crippen molar-refractivity contribution in [1.82, 2.24) is 20.1 Å². The van der Waals surface area contributed by atoms with Crippen LogP contribution in [0.3, 0.4) is 0 Å². The van der Waals surface area contributed by atoms with E-state index in [1.807, 2.05) is 0 Å². The van der Waals surface area contributed by atoms with Crippen LogP contribution >= 0.6 is 0 Å². The molecule has 1 aliphatic rings. The first kappa shape index (κ1) is 16.6. The molecule has 1 amide bonds. The molecule has 1 aromatic carbocycles. The molecule has 0 unspecified atom stereocenters. The number of nitrogens with zero attached hydrogens (tertiary/aromatic N) is 3. The van der Waals surface area contributed by atoms with Crippen LogP contribution in [0, 0.1) is 5.82 Å². The molecule has 0 aliphatic carbocycles. The number of benzene rings is 1. The number of hydrogen-bond donors (Lipinski definition) is 1. The van der Waals surface area contributed by atoms with Crippen molar-refractivity contribution < 1.29 is 9.18 Å². The van der Waals surface area contributed by atoms with E-state index >= 15 is 0 Å². The van der Waals surface area contributed by atoms with Gasteiger partial charge in [0.1, 0.15) is 11.6 Å². The third kappa shape index (κ3) is 3.18. The van der Waals surface area contributed by atoms with E-state index in [2.05, 4.69) is 20.1 Å². The zero-order valence-electron chi connectivity index (χ0n) is 14.2. The highest BCUT2D eigenvalue weighted by Crippen LogP contribution is 2.26. The van der Waals surface area contributed by atoms with E-state index in [4.69, 9.17) is 0 Å². The lowest BCUT2D eigenvalue weighted by atomic mass is 9.83. The second-order valence-electron chi connectivity index (χ2n) is 6.78. The molecule has 3 rings (SSSR count). The fourth-order valence-electron chi connectivity index (χ4n) is 3.15. The number of aromatic nitrogens is 3. The van der Waals surface area contributed by atoms with Gasteiger partial charge in [0.15, 0.2) is 5.82 Å². The van der Waals surface area contributed by atoms with Crippen molar-refractivity contribution in [2.45, 2.75) is 58.0 Å². The lowest BCUT2D eigenvalue weighted by Gasteiger charge is -2.24. The summed E-state index contributed by atoms with van der Waals surface area (Å²) in [4.78, 5) is 12.6. The summed E-state index contributed by atoms with van der Waals surface area (Å²) < 4.78 is 16.1. The molecule has 1 N–H and O–H groups in total. The summed E-state index contributed by atoms with van der Waals surface area (Å²) in [6.45, 7) is 4.66. The molecule has 0 saturated carbocycles. The number of carbonyl (C=O) groups excluding carboxylic acids is 1. The Morgan fingerprint density at radius 1 is 1.25 bits per heavy atom. The van der Waals surface area contributed by atoms with Gasteiger partial charge in [-0.3, -0.25) is 4.79 Å². The average molecular weight is 330 g/mol. The summed E-state index contributed by atoms with van der Waals surface area (Å²) in [5, 5.41) is 11.3. The molecule has 2 heterocycles. The van der Waals surface area contributed by atoms with E-state index < -0.39 is 5.41 Å². The molecule has 0 atom stereocenters. The fraction of sp³-hybridized carbons (Fsp3) is 0.500. The van der Waals surface area contributed by atoms with Crippen LogP contribution in [0.2, 0.25) is 0 Å². The highest BCUT2D eigenvalue weighted by Gasteiger charge is 2.32. The van der Waals surface area contributed by atoms with Crippen LogP contribution in [0.5, 0.6) is 0 Å². The molecule has 0 saturated heterocycles. The van der Waals surface area contributed by atoms with Gasteiger partial charge in [-0.05, 0) is 32.8 Å². The Kier molecular flexibility index (Phi) is 4.64. The van der Waals surface area contributed by atoms with Crippen LogP contribution in [0.15, 0.2) is 24.3 Å². The minimum Gasteiger partial charge on any atom is -0.348 e. The first-order valence-electron chi connectivity index (χ1n) is 8.44. The van der Waals surface area contributed by atoms with Crippen molar-refractivity contribution in [3.63, 3.8) is 0 Å². The van der Waals surface area contributed by atoms with Crippen molar-refractivity contribution in [1.29, 1.82) is 0 Å². The summed E-state index contributed by atoms with van der Waals surface area (Å²) in [5.74, 6) is 1.17. The normalized spacial score (nSPS) is 14.8. The maximum Gasteiger partial charge on any atom is 0.230 e. The third-order valence-corrected chi connectivity index (χ3v) is 4.71. The molecule has 1 aliphatic heterocycles. The van der Waals surface area contributed by atoms with E-state index in [1.165, 1.54) is 12.5 Å². The van der Waals surface area contributed by atoms with Crippen LogP contribution < -0.4 is 5.32 Å². The van der Waals surface area contributed by atoms with Crippen molar-refractivity contribution in [2.24, 2.45) is 0 Å². The average Bonchev–Trinajstić information content (AvgIpc) is 2.79.